The summed E-state index contributed by atoms with van der Waals surface area (Å²) in [6.07, 6.45) is 5.74. The highest BCUT2D eigenvalue weighted by atomic mass is 16.4. The highest BCUT2D eigenvalue weighted by molar-refractivity contribution is 5.81. The molecule has 29 heavy (non-hydrogen) atoms. The lowest BCUT2D eigenvalue weighted by molar-refractivity contribution is 0.560. The summed E-state index contributed by atoms with van der Waals surface area (Å²) < 4.78 is 7.55. The number of nitrogens with zero attached hydrogens (tertiary/aromatic N) is 3. The van der Waals surface area contributed by atoms with Crippen LogP contribution in [0.5, 0.6) is 0 Å². The molecule has 0 saturated heterocycles. The van der Waals surface area contributed by atoms with Gasteiger partial charge in [-0.2, -0.15) is 0 Å². The third-order valence-electron chi connectivity index (χ3n) is 5.00. The van der Waals surface area contributed by atoms with E-state index in [4.69, 9.17) is 4.42 Å². The molecule has 150 valence electrons. The molecule has 3 aromatic heterocycles. The summed E-state index contributed by atoms with van der Waals surface area (Å²) in [7, 11) is 0. The summed E-state index contributed by atoms with van der Waals surface area (Å²) in [6, 6.07) is 8.44. The second kappa shape index (κ2) is 7.79. The van der Waals surface area contributed by atoms with Crippen molar-refractivity contribution in [3.05, 3.63) is 64.0 Å². The van der Waals surface area contributed by atoms with Crippen molar-refractivity contribution < 1.29 is 4.42 Å². The van der Waals surface area contributed by atoms with E-state index in [1.165, 1.54) is 5.56 Å². The summed E-state index contributed by atoms with van der Waals surface area (Å²) in [5.74, 6) is 0. The Bertz CT molecular complexity index is 1240. The Balaban J connectivity index is 1.65. The summed E-state index contributed by atoms with van der Waals surface area (Å²) in [4.78, 5) is 21.7. The van der Waals surface area contributed by atoms with Gasteiger partial charge in [0.2, 0.25) is 0 Å². The fourth-order valence-electron chi connectivity index (χ4n) is 3.61. The van der Waals surface area contributed by atoms with Gasteiger partial charge >= 0.3 is 5.63 Å². The van der Waals surface area contributed by atoms with Crippen LogP contribution in [-0.2, 0) is 6.42 Å². The van der Waals surface area contributed by atoms with Crippen LogP contribution in [0, 0.1) is 13.8 Å². The number of nitrogens with one attached hydrogen (secondary N) is 1. The van der Waals surface area contributed by atoms with Crippen LogP contribution in [-0.4, -0.2) is 27.0 Å². The van der Waals surface area contributed by atoms with Crippen molar-refractivity contribution in [1.29, 1.82) is 0 Å². The normalized spacial score (nSPS) is 11.8. The number of hydrogen-bond acceptors (Lipinski definition) is 5. The van der Waals surface area contributed by atoms with Gasteiger partial charge < -0.3 is 14.1 Å². The Morgan fingerprint density at radius 2 is 1.97 bits per heavy atom. The zero-order chi connectivity index (χ0) is 20.5. The van der Waals surface area contributed by atoms with Crippen LogP contribution in [0.1, 0.15) is 37.2 Å². The highest BCUT2D eigenvalue weighted by Gasteiger charge is 2.13. The van der Waals surface area contributed by atoms with Crippen LogP contribution < -0.4 is 10.9 Å². The third-order valence-corrected chi connectivity index (χ3v) is 5.00. The van der Waals surface area contributed by atoms with Crippen LogP contribution in [0.25, 0.3) is 27.9 Å². The lowest BCUT2D eigenvalue weighted by atomic mass is 10.1. The SMILES string of the molecule is Cc1cn2cc(-c3cc4ccc(CCCNC(C)C)cc4oc3=O)nc2c(C)n1. The fraction of sp³-hybridized carbons (Fsp3) is 0.348. The van der Waals surface area contributed by atoms with Crippen molar-refractivity contribution in [3.63, 3.8) is 0 Å². The molecule has 3 heterocycles. The minimum absolute atomic E-state index is 0.373. The van der Waals surface area contributed by atoms with Crippen LogP contribution in [0.15, 0.2) is 45.9 Å². The smallest absolute Gasteiger partial charge is 0.345 e. The van der Waals surface area contributed by atoms with Crippen molar-refractivity contribution in [1.82, 2.24) is 19.7 Å². The van der Waals surface area contributed by atoms with E-state index in [1.807, 2.05) is 48.8 Å². The summed E-state index contributed by atoms with van der Waals surface area (Å²) in [6.45, 7) is 9.11. The minimum atomic E-state index is -0.373. The molecule has 4 rings (SSSR count). The largest absolute Gasteiger partial charge is 0.422 e. The van der Waals surface area contributed by atoms with Crippen molar-refractivity contribution in [2.75, 3.05) is 6.54 Å². The van der Waals surface area contributed by atoms with E-state index in [9.17, 15) is 4.79 Å². The number of rotatable bonds is 6. The molecular formula is C23H26N4O2. The standard InChI is InChI=1S/C23H26N4O2/c1-14(2)24-9-5-6-17-7-8-18-11-19(23(28)29-21(18)10-17)20-13-27-12-15(3)25-16(4)22(27)26-20/h7-8,10-14,24H,5-6,9H2,1-4H3. The van der Waals surface area contributed by atoms with Gasteiger partial charge in [0.1, 0.15) is 5.58 Å². The van der Waals surface area contributed by atoms with Crippen LogP contribution in [0.2, 0.25) is 0 Å². The molecule has 0 atom stereocenters. The molecule has 0 amide bonds. The number of aryl methyl sites for hydroxylation is 3. The molecule has 0 radical (unpaired) electrons. The third kappa shape index (κ3) is 4.07. The molecular weight excluding hydrogens is 364 g/mol. The zero-order valence-electron chi connectivity index (χ0n) is 17.3. The molecule has 0 aliphatic heterocycles. The van der Waals surface area contributed by atoms with Crippen molar-refractivity contribution >= 4 is 16.6 Å². The predicted octanol–water partition coefficient (Wildman–Crippen LogP) is 4.05. The van der Waals surface area contributed by atoms with E-state index < -0.39 is 0 Å². The Labute approximate surface area is 169 Å². The van der Waals surface area contributed by atoms with E-state index in [-0.39, 0.29) is 5.63 Å². The van der Waals surface area contributed by atoms with Gasteiger partial charge in [-0.05, 0) is 50.9 Å². The van der Waals surface area contributed by atoms with Crippen LogP contribution in [0.4, 0.5) is 0 Å². The van der Waals surface area contributed by atoms with E-state index in [0.717, 1.165) is 41.8 Å². The monoisotopic (exact) mass is 390 g/mol. The maximum atomic E-state index is 12.7. The van der Waals surface area contributed by atoms with Gasteiger partial charge in [-0.1, -0.05) is 26.0 Å². The molecule has 1 aromatic carbocycles. The first-order valence-corrected chi connectivity index (χ1v) is 10.0. The van der Waals surface area contributed by atoms with Gasteiger partial charge in [0.15, 0.2) is 5.65 Å². The van der Waals surface area contributed by atoms with Gasteiger partial charge in [0.25, 0.3) is 0 Å². The zero-order valence-corrected chi connectivity index (χ0v) is 17.3. The molecule has 0 aliphatic carbocycles. The number of hydrogen-bond donors (Lipinski definition) is 1. The molecule has 6 heteroatoms. The summed E-state index contributed by atoms with van der Waals surface area (Å²) in [5, 5.41) is 4.31. The molecule has 1 N–H and O–H groups in total. The Hall–Kier alpha value is -2.99. The van der Waals surface area contributed by atoms with Gasteiger partial charge in [-0.3, -0.25) is 4.98 Å². The number of imidazole rings is 1. The predicted molar refractivity (Wildman–Crippen MR) is 115 cm³/mol. The number of fused-ring (bicyclic) bond motifs is 2. The minimum Gasteiger partial charge on any atom is -0.422 e. The van der Waals surface area contributed by atoms with E-state index in [0.29, 0.717) is 22.9 Å². The van der Waals surface area contributed by atoms with Crippen LogP contribution in [0.3, 0.4) is 0 Å². The quantitative estimate of drug-likeness (QED) is 0.397. The van der Waals surface area contributed by atoms with E-state index in [1.54, 1.807) is 0 Å². The van der Waals surface area contributed by atoms with Crippen molar-refractivity contribution in [3.8, 4) is 11.3 Å². The maximum Gasteiger partial charge on any atom is 0.345 e. The van der Waals surface area contributed by atoms with Crippen molar-refractivity contribution in [2.24, 2.45) is 0 Å². The van der Waals surface area contributed by atoms with E-state index >= 15 is 0 Å². The number of benzene rings is 1. The summed E-state index contributed by atoms with van der Waals surface area (Å²) >= 11 is 0. The molecule has 4 aromatic rings. The Morgan fingerprint density at radius 1 is 1.14 bits per heavy atom. The average Bonchev–Trinajstić information content (AvgIpc) is 3.08. The summed E-state index contributed by atoms with van der Waals surface area (Å²) in [5.41, 5.74) is 4.96. The van der Waals surface area contributed by atoms with Gasteiger partial charge in [0.05, 0.1) is 22.6 Å². The van der Waals surface area contributed by atoms with Crippen molar-refractivity contribution in [2.45, 2.75) is 46.6 Å². The fourth-order valence-corrected chi connectivity index (χ4v) is 3.61. The van der Waals surface area contributed by atoms with Crippen LogP contribution >= 0.6 is 0 Å². The molecule has 6 nitrogen and oxygen atoms in total. The Morgan fingerprint density at radius 3 is 2.76 bits per heavy atom. The first-order chi connectivity index (χ1) is 13.9. The molecule has 0 saturated carbocycles. The van der Waals surface area contributed by atoms with Gasteiger partial charge in [0, 0.05) is 23.8 Å². The molecule has 0 spiro atoms. The molecule has 0 unspecified atom stereocenters. The molecule has 0 fully saturated rings. The second-order valence-electron chi connectivity index (χ2n) is 7.86. The first kappa shape index (κ1) is 19.3. The number of aromatic nitrogens is 3. The van der Waals surface area contributed by atoms with Gasteiger partial charge in [-0.25, -0.2) is 9.78 Å². The average molecular weight is 390 g/mol. The molecule has 0 bridgehead atoms. The topological polar surface area (TPSA) is 72.4 Å². The molecule has 0 aliphatic rings. The van der Waals surface area contributed by atoms with E-state index in [2.05, 4.69) is 35.2 Å². The maximum absolute atomic E-state index is 12.7. The van der Waals surface area contributed by atoms with Gasteiger partial charge in [-0.15, -0.1) is 0 Å². The lowest BCUT2D eigenvalue weighted by Crippen LogP contribution is -2.23. The second-order valence-corrected chi connectivity index (χ2v) is 7.86. The highest BCUT2D eigenvalue weighted by Crippen LogP contribution is 2.23. The Kier molecular flexibility index (Phi) is 5.20. The lowest BCUT2D eigenvalue weighted by Gasteiger charge is -2.08. The first-order valence-electron chi connectivity index (χ1n) is 10.0.